The Labute approximate surface area is 56.9 Å². The van der Waals surface area contributed by atoms with Gasteiger partial charge in [0.2, 0.25) is 0 Å². The molecular formula is C6H6N2O2. The summed E-state index contributed by atoms with van der Waals surface area (Å²) < 4.78 is 0. The Morgan fingerprint density at radius 1 is 1.70 bits per heavy atom. The van der Waals surface area contributed by atoms with Gasteiger partial charge in [0.25, 0.3) is 0 Å². The van der Waals surface area contributed by atoms with Gasteiger partial charge >= 0.3 is 5.69 Å². The molecule has 0 aromatic carbocycles. The van der Waals surface area contributed by atoms with Crippen molar-refractivity contribution in [3.63, 3.8) is 0 Å². The van der Waals surface area contributed by atoms with Gasteiger partial charge in [-0.1, -0.05) is 0 Å². The minimum Gasteiger partial charge on any atom is -0.303 e. The molecule has 4 nitrogen and oxygen atoms in total. The number of aldehydes is 1. The van der Waals surface area contributed by atoms with Gasteiger partial charge in [-0.15, -0.1) is 0 Å². The van der Waals surface area contributed by atoms with Gasteiger partial charge in [0.05, 0.1) is 5.69 Å². The lowest BCUT2D eigenvalue weighted by Gasteiger charge is -1.92. The van der Waals surface area contributed by atoms with Gasteiger partial charge in [0.1, 0.15) is 0 Å². The molecule has 0 spiro atoms. The lowest BCUT2D eigenvalue weighted by atomic mass is 10.3. The number of aryl methyl sites for hydroxylation is 1. The summed E-state index contributed by atoms with van der Waals surface area (Å²) in [6.07, 6.45) is 1.96. The molecule has 0 saturated carbocycles. The van der Waals surface area contributed by atoms with Crippen molar-refractivity contribution in [2.75, 3.05) is 0 Å². The Morgan fingerprint density at radius 2 is 2.40 bits per heavy atom. The summed E-state index contributed by atoms with van der Waals surface area (Å²) in [5.74, 6) is 0. The fraction of sp³-hybridized carbons (Fsp3) is 0.167. The third kappa shape index (κ3) is 1.10. The molecule has 0 unspecified atom stereocenters. The van der Waals surface area contributed by atoms with E-state index in [-0.39, 0.29) is 0 Å². The van der Waals surface area contributed by atoms with Gasteiger partial charge in [-0.05, 0) is 12.5 Å². The second-order valence-electron chi connectivity index (χ2n) is 1.90. The second kappa shape index (κ2) is 2.43. The Bertz CT molecular complexity index is 303. The quantitative estimate of drug-likeness (QED) is 0.551. The number of carbonyl (C=O) groups is 1. The van der Waals surface area contributed by atoms with Crippen molar-refractivity contribution in [2.24, 2.45) is 0 Å². The van der Waals surface area contributed by atoms with E-state index in [4.69, 9.17) is 0 Å². The molecule has 1 rings (SSSR count). The molecule has 0 radical (unpaired) electrons. The first-order valence-electron chi connectivity index (χ1n) is 2.75. The topological polar surface area (TPSA) is 62.8 Å². The van der Waals surface area contributed by atoms with E-state index in [1.54, 1.807) is 6.92 Å². The van der Waals surface area contributed by atoms with Crippen LogP contribution in [-0.2, 0) is 0 Å². The molecular weight excluding hydrogens is 132 g/mol. The van der Waals surface area contributed by atoms with Gasteiger partial charge in [0, 0.05) is 6.20 Å². The molecule has 0 atom stereocenters. The van der Waals surface area contributed by atoms with Crippen molar-refractivity contribution in [1.29, 1.82) is 0 Å². The van der Waals surface area contributed by atoms with Crippen LogP contribution < -0.4 is 5.69 Å². The summed E-state index contributed by atoms with van der Waals surface area (Å²) in [6.45, 7) is 1.70. The van der Waals surface area contributed by atoms with Crippen molar-refractivity contribution in [3.05, 3.63) is 27.9 Å². The fourth-order valence-corrected chi connectivity index (χ4v) is 0.593. The number of carbonyl (C=O) groups excluding carboxylic acids is 1. The van der Waals surface area contributed by atoms with E-state index in [9.17, 15) is 9.59 Å². The van der Waals surface area contributed by atoms with E-state index in [0.29, 0.717) is 17.5 Å². The third-order valence-electron chi connectivity index (χ3n) is 1.16. The van der Waals surface area contributed by atoms with Gasteiger partial charge in [-0.25, -0.2) is 9.78 Å². The normalized spacial score (nSPS) is 9.30. The van der Waals surface area contributed by atoms with Crippen LogP contribution in [0, 0.1) is 6.92 Å². The fourth-order valence-electron chi connectivity index (χ4n) is 0.593. The summed E-state index contributed by atoms with van der Waals surface area (Å²) in [6, 6.07) is 0. The molecule has 1 heterocycles. The van der Waals surface area contributed by atoms with Crippen molar-refractivity contribution in [3.8, 4) is 0 Å². The molecule has 4 heteroatoms. The van der Waals surface area contributed by atoms with Crippen LogP contribution >= 0.6 is 0 Å². The molecule has 1 N–H and O–H groups in total. The third-order valence-corrected chi connectivity index (χ3v) is 1.16. The van der Waals surface area contributed by atoms with E-state index >= 15 is 0 Å². The van der Waals surface area contributed by atoms with Crippen LogP contribution in [0.15, 0.2) is 11.0 Å². The standard InChI is InChI=1S/C6H6N2O2/c1-4-2-7-6(10)8-5(4)3-9/h2-3H,1H3,(H,7,8,10). The summed E-state index contributed by atoms with van der Waals surface area (Å²) >= 11 is 0. The highest BCUT2D eigenvalue weighted by Crippen LogP contribution is 1.93. The zero-order valence-corrected chi connectivity index (χ0v) is 5.42. The van der Waals surface area contributed by atoms with Crippen molar-refractivity contribution in [1.82, 2.24) is 9.97 Å². The van der Waals surface area contributed by atoms with Crippen molar-refractivity contribution >= 4 is 6.29 Å². The molecule has 52 valence electrons. The summed E-state index contributed by atoms with van der Waals surface area (Å²) in [4.78, 5) is 26.4. The Hall–Kier alpha value is -1.45. The lowest BCUT2D eigenvalue weighted by molar-refractivity contribution is 0.111. The van der Waals surface area contributed by atoms with Crippen molar-refractivity contribution in [2.45, 2.75) is 6.92 Å². The maximum absolute atomic E-state index is 10.5. The lowest BCUT2D eigenvalue weighted by Crippen LogP contribution is -2.12. The molecule has 0 saturated heterocycles. The second-order valence-corrected chi connectivity index (χ2v) is 1.90. The van der Waals surface area contributed by atoms with Gasteiger partial charge in [0.15, 0.2) is 6.29 Å². The number of hydrogen-bond donors (Lipinski definition) is 1. The first-order chi connectivity index (χ1) is 4.74. The number of aromatic amines is 1. The molecule has 0 fully saturated rings. The van der Waals surface area contributed by atoms with Crippen LogP contribution in [0.4, 0.5) is 0 Å². The number of nitrogens with zero attached hydrogens (tertiary/aromatic N) is 1. The van der Waals surface area contributed by atoms with Crippen LogP contribution in [-0.4, -0.2) is 16.3 Å². The number of rotatable bonds is 1. The number of H-pyrrole nitrogens is 1. The van der Waals surface area contributed by atoms with Crippen LogP contribution in [0.3, 0.4) is 0 Å². The predicted molar refractivity (Wildman–Crippen MR) is 35.0 cm³/mol. The largest absolute Gasteiger partial charge is 0.345 e. The number of aromatic nitrogens is 2. The van der Waals surface area contributed by atoms with Gasteiger partial charge < -0.3 is 4.98 Å². The molecule has 0 amide bonds. The van der Waals surface area contributed by atoms with E-state index in [1.807, 2.05) is 0 Å². The average molecular weight is 138 g/mol. The van der Waals surface area contributed by atoms with Crippen LogP contribution in [0.25, 0.3) is 0 Å². The zero-order valence-electron chi connectivity index (χ0n) is 5.42. The van der Waals surface area contributed by atoms with Crippen LogP contribution in [0.5, 0.6) is 0 Å². The molecule has 1 aromatic heterocycles. The van der Waals surface area contributed by atoms with E-state index in [1.165, 1.54) is 6.20 Å². The Kier molecular flexibility index (Phi) is 1.62. The summed E-state index contributed by atoms with van der Waals surface area (Å²) in [5.41, 5.74) is 0.474. The van der Waals surface area contributed by atoms with Crippen molar-refractivity contribution < 1.29 is 4.79 Å². The smallest absolute Gasteiger partial charge is 0.303 e. The van der Waals surface area contributed by atoms with Gasteiger partial charge in [-0.2, -0.15) is 0 Å². The highest BCUT2D eigenvalue weighted by Gasteiger charge is 1.95. The average Bonchev–Trinajstić information content (AvgIpc) is 1.94. The Balaban J connectivity index is 3.35. The monoisotopic (exact) mass is 138 g/mol. The maximum atomic E-state index is 10.5. The summed E-state index contributed by atoms with van der Waals surface area (Å²) in [5, 5.41) is 0. The minimum absolute atomic E-state index is 0.292. The highest BCUT2D eigenvalue weighted by molar-refractivity contribution is 5.73. The molecule has 0 aliphatic rings. The maximum Gasteiger partial charge on any atom is 0.345 e. The number of hydrogen-bond acceptors (Lipinski definition) is 3. The first kappa shape index (κ1) is 6.67. The predicted octanol–water partition coefficient (Wildman–Crippen LogP) is -0.109. The number of nitrogens with one attached hydrogen (secondary N) is 1. The molecule has 0 aliphatic heterocycles. The summed E-state index contributed by atoms with van der Waals surface area (Å²) in [7, 11) is 0. The van der Waals surface area contributed by atoms with E-state index in [0.717, 1.165) is 0 Å². The molecule has 0 bridgehead atoms. The minimum atomic E-state index is -0.493. The van der Waals surface area contributed by atoms with E-state index < -0.39 is 5.69 Å². The zero-order chi connectivity index (χ0) is 7.56. The molecule has 0 aliphatic carbocycles. The molecule has 10 heavy (non-hydrogen) atoms. The van der Waals surface area contributed by atoms with Crippen LogP contribution in [0.1, 0.15) is 16.1 Å². The van der Waals surface area contributed by atoms with Gasteiger partial charge in [-0.3, -0.25) is 4.79 Å². The SMILES string of the molecule is Cc1cnc(=O)[nH]c1C=O. The Morgan fingerprint density at radius 3 is 2.90 bits per heavy atom. The molecule has 1 aromatic rings. The first-order valence-corrected chi connectivity index (χ1v) is 2.75. The van der Waals surface area contributed by atoms with Crippen LogP contribution in [0.2, 0.25) is 0 Å². The van der Waals surface area contributed by atoms with E-state index in [2.05, 4.69) is 9.97 Å². The highest BCUT2D eigenvalue weighted by atomic mass is 16.1.